The highest BCUT2D eigenvalue weighted by Gasteiger charge is 2.30. The summed E-state index contributed by atoms with van der Waals surface area (Å²) in [5.41, 5.74) is 2.50. The highest BCUT2D eigenvalue weighted by Crippen LogP contribution is 2.23. The van der Waals surface area contributed by atoms with Crippen molar-refractivity contribution < 1.29 is 4.74 Å². The molecule has 4 nitrogen and oxygen atoms in total. The van der Waals surface area contributed by atoms with E-state index < -0.39 is 0 Å². The number of rotatable bonds is 5. The number of para-hydroxylation sites is 1. The lowest BCUT2D eigenvalue weighted by Crippen LogP contribution is -2.61. The molecule has 0 spiro atoms. The van der Waals surface area contributed by atoms with Crippen molar-refractivity contribution in [3.05, 3.63) is 65.7 Å². The summed E-state index contributed by atoms with van der Waals surface area (Å²) in [6, 6.07) is 19.6. The van der Waals surface area contributed by atoms with Gasteiger partial charge in [-0.2, -0.15) is 0 Å². The molecule has 2 saturated heterocycles. The summed E-state index contributed by atoms with van der Waals surface area (Å²) < 4.78 is 6.14. The lowest BCUT2D eigenvalue weighted by molar-refractivity contribution is 0.0172. The number of likely N-dealkylation sites (N-methyl/N-ethyl adjacent to an activating group) is 1. The second-order valence-corrected chi connectivity index (χ2v) is 7.57. The Kier molecular flexibility index (Phi) is 5.54. The van der Waals surface area contributed by atoms with Gasteiger partial charge in [-0.3, -0.25) is 9.80 Å². The lowest BCUT2D eigenvalue weighted by atomic mass is 10.1. The van der Waals surface area contributed by atoms with Crippen molar-refractivity contribution >= 4 is 0 Å². The van der Waals surface area contributed by atoms with Gasteiger partial charge in [-0.05, 0) is 18.7 Å². The van der Waals surface area contributed by atoms with Gasteiger partial charge in [-0.25, -0.2) is 0 Å². The first-order chi connectivity index (χ1) is 12.8. The summed E-state index contributed by atoms with van der Waals surface area (Å²) in [6.07, 6.45) is 0. The number of benzene rings is 2. The third-order valence-electron chi connectivity index (χ3n) is 5.58. The molecule has 0 radical (unpaired) electrons. The Balaban J connectivity index is 1.39. The molecule has 0 N–H and O–H groups in total. The molecule has 4 rings (SSSR count). The molecule has 2 fully saturated rings. The Morgan fingerprint density at radius 2 is 1.65 bits per heavy atom. The molecule has 2 aliphatic heterocycles. The van der Waals surface area contributed by atoms with Gasteiger partial charge >= 0.3 is 0 Å². The largest absolute Gasteiger partial charge is 0.489 e. The van der Waals surface area contributed by atoms with E-state index in [0.717, 1.165) is 25.4 Å². The molecule has 0 aromatic heterocycles. The number of fused-ring (bicyclic) bond motifs is 1. The van der Waals surface area contributed by atoms with E-state index in [-0.39, 0.29) is 0 Å². The van der Waals surface area contributed by atoms with Crippen molar-refractivity contribution in [1.29, 1.82) is 0 Å². The monoisotopic (exact) mass is 351 g/mol. The minimum absolute atomic E-state index is 0.624. The van der Waals surface area contributed by atoms with E-state index in [0.29, 0.717) is 12.6 Å². The van der Waals surface area contributed by atoms with Crippen LogP contribution in [-0.4, -0.2) is 67.1 Å². The van der Waals surface area contributed by atoms with Crippen molar-refractivity contribution in [2.24, 2.45) is 0 Å². The van der Waals surface area contributed by atoms with Gasteiger partial charge in [-0.1, -0.05) is 48.5 Å². The number of nitrogens with zero attached hydrogens (tertiary/aromatic N) is 3. The molecule has 2 heterocycles. The van der Waals surface area contributed by atoms with Gasteiger partial charge in [0, 0.05) is 57.4 Å². The maximum atomic E-state index is 6.14. The van der Waals surface area contributed by atoms with Crippen LogP contribution in [0.5, 0.6) is 5.75 Å². The quantitative estimate of drug-likeness (QED) is 0.824. The van der Waals surface area contributed by atoms with Crippen molar-refractivity contribution in [1.82, 2.24) is 14.7 Å². The second-order valence-electron chi connectivity index (χ2n) is 7.57. The van der Waals surface area contributed by atoms with E-state index >= 15 is 0 Å². The third-order valence-corrected chi connectivity index (χ3v) is 5.58. The fourth-order valence-electron chi connectivity index (χ4n) is 4.07. The van der Waals surface area contributed by atoms with Gasteiger partial charge in [0.1, 0.15) is 12.4 Å². The van der Waals surface area contributed by atoms with Crippen LogP contribution < -0.4 is 4.74 Å². The maximum Gasteiger partial charge on any atom is 0.124 e. The molecular formula is C22H29N3O. The minimum Gasteiger partial charge on any atom is -0.489 e. The lowest BCUT2D eigenvalue weighted by Gasteiger charge is -2.46. The maximum absolute atomic E-state index is 6.14. The summed E-state index contributed by atoms with van der Waals surface area (Å²) in [5, 5.41) is 0. The zero-order chi connectivity index (χ0) is 17.8. The molecule has 138 valence electrons. The highest BCUT2D eigenvalue weighted by atomic mass is 16.5. The number of hydrogen-bond donors (Lipinski definition) is 0. The van der Waals surface area contributed by atoms with Crippen LogP contribution in [0.1, 0.15) is 11.1 Å². The Morgan fingerprint density at radius 3 is 2.54 bits per heavy atom. The molecule has 4 heteroatoms. The molecule has 0 saturated carbocycles. The Hall–Kier alpha value is -1.88. The Morgan fingerprint density at radius 1 is 0.885 bits per heavy atom. The van der Waals surface area contributed by atoms with Crippen molar-refractivity contribution in [2.45, 2.75) is 19.2 Å². The first-order valence-electron chi connectivity index (χ1n) is 9.67. The number of hydrogen-bond acceptors (Lipinski definition) is 4. The first kappa shape index (κ1) is 17.5. The summed E-state index contributed by atoms with van der Waals surface area (Å²) in [7, 11) is 2.24. The summed E-state index contributed by atoms with van der Waals surface area (Å²) >= 11 is 0. The van der Waals surface area contributed by atoms with Gasteiger partial charge in [0.2, 0.25) is 0 Å². The van der Waals surface area contributed by atoms with E-state index in [2.05, 4.69) is 70.3 Å². The molecule has 1 atom stereocenters. The third kappa shape index (κ3) is 4.26. The van der Waals surface area contributed by atoms with Crippen LogP contribution in [0.4, 0.5) is 0 Å². The van der Waals surface area contributed by atoms with E-state index in [1.54, 1.807) is 0 Å². The predicted molar refractivity (Wildman–Crippen MR) is 105 cm³/mol. The average molecular weight is 351 g/mol. The minimum atomic E-state index is 0.624. The van der Waals surface area contributed by atoms with Gasteiger partial charge < -0.3 is 9.64 Å². The molecule has 0 amide bonds. The standard InChI is InChI=1S/C22H29N3O/c1-23-11-13-25-14-12-24(17-21(25)16-23)15-20-9-5-6-10-22(20)26-18-19-7-3-2-4-8-19/h2-10,21H,11-18H2,1H3/t21-/m0/s1. The van der Waals surface area contributed by atoms with Crippen LogP contribution in [0.25, 0.3) is 0 Å². The van der Waals surface area contributed by atoms with Crippen molar-refractivity contribution in [3.63, 3.8) is 0 Å². The smallest absolute Gasteiger partial charge is 0.124 e. The molecule has 2 aliphatic rings. The van der Waals surface area contributed by atoms with Crippen LogP contribution >= 0.6 is 0 Å². The molecular weight excluding hydrogens is 322 g/mol. The van der Waals surface area contributed by atoms with Crippen LogP contribution in [0.2, 0.25) is 0 Å². The molecule has 2 aromatic rings. The zero-order valence-corrected chi connectivity index (χ0v) is 15.7. The van der Waals surface area contributed by atoms with Gasteiger partial charge in [-0.15, -0.1) is 0 Å². The highest BCUT2D eigenvalue weighted by molar-refractivity contribution is 5.33. The van der Waals surface area contributed by atoms with Crippen molar-refractivity contribution in [3.8, 4) is 5.75 Å². The van der Waals surface area contributed by atoms with Crippen LogP contribution in [-0.2, 0) is 13.2 Å². The van der Waals surface area contributed by atoms with Gasteiger partial charge in [0.15, 0.2) is 0 Å². The fraction of sp³-hybridized carbons (Fsp3) is 0.455. The van der Waals surface area contributed by atoms with Gasteiger partial charge in [0.05, 0.1) is 0 Å². The van der Waals surface area contributed by atoms with Crippen LogP contribution in [0, 0.1) is 0 Å². The number of ether oxygens (including phenoxy) is 1. The Labute approximate surface area is 157 Å². The van der Waals surface area contributed by atoms with Crippen LogP contribution in [0.3, 0.4) is 0 Å². The fourth-order valence-corrected chi connectivity index (χ4v) is 4.07. The van der Waals surface area contributed by atoms with Crippen molar-refractivity contribution in [2.75, 3.05) is 46.3 Å². The molecule has 0 aliphatic carbocycles. The topological polar surface area (TPSA) is 19.0 Å². The number of piperazine rings is 2. The van der Waals surface area contributed by atoms with E-state index in [4.69, 9.17) is 4.74 Å². The predicted octanol–water partition coefficient (Wildman–Crippen LogP) is 2.70. The second kappa shape index (κ2) is 8.21. The van der Waals surface area contributed by atoms with E-state index in [1.807, 2.05) is 6.07 Å². The SMILES string of the molecule is CN1CCN2CCN(Cc3ccccc3OCc3ccccc3)C[C@@H]2C1. The molecule has 0 unspecified atom stereocenters. The summed E-state index contributed by atoms with van der Waals surface area (Å²) in [6.45, 7) is 8.68. The van der Waals surface area contributed by atoms with E-state index in [1.165, 1.54) is 37.3 Å². The summed E-state index contributed by atoms with van der Waals surface area (Å²) in [4.78, 5) is 7.71. The molecule has 26 heavy (non-hydrogen) atoms. The Bertz CT molecular complexity index is 706. The first-order valence-corrected chi connectivity index (χ1v) is 9.67. The normalized spacial score (nSPS) is 22.1. The van der Waals surface area contributed by atoms with E-state index in [9.17, 15) is 0 Å². The average Bonchev–Trinajstić information content (AvgIpc) is 2.68. The molecule has 2 aromatic carbocycles. The van der Waals surface area contributed by atoms with Crippen LogP contribution in [0.15, 0.2) is 54.6 Å². The summed E-state index contributed by atoms with van der Waals surface area (Å²) in [5.74, 6) is 1.01. The zero-order valence-electron chi connectivity index (χ0n) is 15.7. The van der Waals surface area contributed by atoms with Gasteiger partial charge in [0.25, 0.3) is 0 Å². The molecule has 0 bridgehead atoms.